The molecular formula is C13H19BrNO-. The number of para-hydroxylation sites is 1. The number of alkyl halides is 1. The first-order valence-corrected chi connectivity index (χ1v) is 6.64. The highest BCUT2D eigenvalue weighted by atomic mass is 79.9. The topological polar surface area (TPSA) is 35.1 Å². The number of benzene rings is 1. The lowest BCUT2D eigenvalue weighted by atomic mass is 10.1. The van der Waals surface area contributed by atoms with Gasteiger partial charge in [-0.25, -0.2) is 0 Å². The smallest absolute Gasteiger partial charge is 0.0341 e. The van der Waals surface area contributed by atoms with Crippen LogP contribution in [0.1, 0.15) is 26.3 Å². The lowest BCUT2D eigenvalue weighted by Crippen LogP contribution is -2.19. The summed E-state index contributed by atoms with van der Waals surface area (Å²) in [4.78, 5) is 0.386. The summed E-state index contributed by atoms with van der Waals surface area (Å²) in [5.74, 6) is 0.686. The molecule has 0 bridgehead atoms. The number of anilines is 1. The Kier molecular flexibility index (Phi) is 5.13. The maximum Gasteiger partial charge on any atom is 0.0341 e. The summed E-state index contributed by atoms with van der Waals surface area (Å²) in [5, 5.41) is 15.1. The molecule has 0 aliphatic rings. The summed E-state index contributed by atoms with van der Waals surface area (Å²) in [7, 11) is 0. The number of nitrogens with one attached hydrogen (secondary N) is 1. The van der Waals surface area contributed by atoms with Gasteiger partial charge in [-0.15, -0.1) is 0 Å². The second-order valence-electron chi connectivity index (χ2n) is 4.29. The molecule has 0 aliphatic heterocycles. The van der Waals surface area contributed by atoms with Crippen molar-refractivity contribution in [3.63, 3.8) is 0 Å². The molecule has 0 aromatic heterocycles. The SMILES string of the molecule is CCc1cccc(NCC(Br)C(C)C)c1[O-]. The molecule has 0 heterocycles. The fraction of sp³-hybridized carbons (Fsp3) is 0.538. The Bertz CT molecular complexity index is 339. The monoisotopic (exact) mass is 284 g/mol. The molecule has 1 aromatic rings. The minimum absolute atomic E-state index is 0.133. The van der Waals surface area contributed by atoms with Gasteiger partial charge >= 0.3 is 0 Å². The van der Waals surface area contributed by atoms with Crippen LogP contribution < -0.4 is 10.4 Å². The van der Waals surface area contributed by atoms with Crippen LogP contribution >= 0.6 is 15.9 Å². The largest absolute Gasteiger partial charge is 0.871 e. The van der Waals surface area contributed by atoms with Gasteiger partial charge in [-0.05, 0) is 18.4 Å². The highest BCUT2D eigenvalue weighted by Gasteiger charge is 2.08. The maximum atomic E-state index is 11.9. The zero-order chi connectivity index (χ0) is 12.1. The minimum Gasteiger partial charge on any atom is -0.871 e. The van der Waals surface area contributed by atoms with Crippen molar-refractivity contribution < 1.29 is 5.11 Å². The van der Waals surface area contributed by atoms with E-state index in [4.69, 9.17) is 0 Å². The van der Waals surface area contributed by atoms with Crippen LogP contribution in [0.3, 0.4) is 0 Å². The molecule has 1 aromatic carbocycles. The molecule has 0 radical (unpaired) electrons. The second kappa shape index (κ2) is 6.14. The number of hydrogen-bond donors (Lipinski definition) is 1. The van der Waals surface area contributed by atoms with Gasteiger partial charge in [0.2, 0.25) is 0 Å². The van der Waals surface area contributed by atoms with Gasteiger partial charge in [0, 0.05) is 17.1 Å². The van der Waals surface area contributed by atoms with Crippen LogP contribution in [0.2, 0.25) is 0 Å². The third-order valence-electron chi connectivity index (χ3n) is 2.69. The van der Waals surface area contributed by atoms with Gasteiger partial charge in [0.1, 0.15) is 0 Å². The molecule has 0 fully saturated rings. The number of aryl methyl sites for hydroxylation is 1. The summed E-state index contributed by atoms with van der Waals surface area (Å²) in [6.07, 6.45) is 0.788. The van der Waals surface area contributed by atoms with E-state index in [1.807, 2.05) is 25.1 Å². The molecule has 2 nitrogen and oxygen atoms in total. The Balaban J connectivity index is 2.67. The predicted octanol–water partition coefficient (Wildman–Crippen LogP) is 3.15. The van der Waals surface area contributed by atoms with Crippen LogP contribution in [-0.2, 0) is 6.42 Å². The van der Waals surface area contributed by atoms with Crippen molar-refractivity contribution in [1.29, 1.82) is 0 Å². The molecule has 90 valence electrons. The first-order valence-electron chi connectivity index (χ1n) is 5.73. The minimum atomic E-state index is 0.133. The first kappa shape index (κ1) is 13.4. The van der Waals surface area contributed by atoms with Crippen LogP contribution in [-0.4, -0.2) is 11.4 Å². The van der Waals surface area contributed by atoms with Crippen molar-refractivity contribution in [3.05, 3.63) is 23.8 Å². The Hall–Kier alpha value is -0.700. The molecule has 0 aliphatic carbocycles. The van der Waals surface area contributed by atoms with Crippen molar-refractivity contribution >= 4 is 21.6 Å². The molecule has 0 amide bonds. The average Bonchev–Trinajstić information content (AvgIpc) is 2.27. The van der Waals surface area contributed by atoms with Gasteiger partial charge < -0.3 is 10.4 Å². The summed E-state index contributed by atoms with van der Waals surface area (Å²) in [6, 6.07) is 5.67. The van der Waals surface area contributed by atoms with Gasteiger partial charge in [-0.2, -0.15) is 0 Å². The lowest BCUT2D eigenvalue weighted by Gasteiger charge is -2.21. The van der Waals surface area contributed by atoms with E-state index < -0.39 is 0 Å². The van der Waals surface area contributed by atoms with Gasteiger partial charge in [0.05, 0.1) is 0 Å². The van der Waals surface area contributed by atoms with E-state index in [1.165, 1.54) is 0 Å². The van der Waals surface area contributed by atoms with Crippen LogP contribution in [0.15, 0.2) is 18.2 Å². The molecule has 1 atom stereocenters. The van der Waals surface area contributed by atoms with Crippen molar-refractivity contribution in [2.45, 2.75) is 32.0 Å². The Labute approximate surface area is 106 Å². The summed E-state index contributed by atoms with van der Waals surface area (Å²) in [5.41, 5.74) is 1.59. The normalized spacial score (nSPS) is 12.8. The van der Waals surface area contributed by atoms with E-state index >= 15 is 0 Å². The van der Waals surface area contributed by atoms with Gasteiger partial charge in [0.25, 0.3) is 0 Å². The van der Waals surface area contributed by atoms with E-state index in [-0.39, 0.29) is 5.75 Å². The molecule has 16 heavy (non-hydrogen) atoms. The fourth-order valence-corrected chi connectivity index (χ4v) is 1.61. The number of rotatable bonds is 5. The van der Waals surface area contributed by atoms with Crippen molar-refractivity contribution in [2.24, 2.45) is 5.92 Å². The quantitative estimate of drug-likeness (QED) is 0.843. The summed E-state index contributed by atoms with van der Waals surface area (Å²) >= 11 is 3.60. The zero-order valence-electron chi connectivity index (χ0n) is 10.1. The van der Waals surface area contributed by atoms with Crippen LogP contribution in [0.4, 0.5) is 5.69 Å². The average molecular weight is 285 g/mol. The summed E-state index contributed by atoms with van der Waals surface area (Å²) in [6.45, 7) is 7.09. The molecule has 0 spiro atoms. The predicted molar refractivity (Wildman–Crippen MR) is 71.3 cm³/mol. The zero-order valence-corrected chi connectivity index (χ0v) is 11.7. The third kappa shape index (κ3) is 3.41. The number of halogens is 1. The van der Waals surface area contributed by atoms with Crippen LogP contribution in [0, 0.1) is 5.92 Å². The molecular weight excluding hydrogens is 266 g/mol. The molecule has 1 N–H and O–H groups in total. The van der Waals surface area contributed by atoms with Gasteiger partial charge in [0.15, 0.2) is 0 Å². The number of hydrogen-bond acceptors (Lipinski definition) is 2. The van der Waals surface area contributed by atoms with Crippen LogP contribution in [0.25, 0.3) is 0 Å². The van der Waals surface area contributed by atoms with Gasteiger partial charge in [-0.1, -0.05) is 60.1 Å². The molecule has 3 heteroatoms. The third-order valence-corrected chi connectivity index (χ3v) is 4.07. The Morgan fingerprint density at radius 2 is 2.06 bits per heavy atom. The Morgan fingerprint density at radius 3 is 2.62 bits per heavy atom. The van der Waals surface area contributed by atoms with Crippen molar-refractivity contribution in [2.75, 3.05) is 11.9 Å². The molecule has 1 rings (SSSR count). The highest BCUT2D eigenvalue weighted by molar-refractivity contribution is 9.09. The highest BCUT2D eigenvalue weighted by Crippen LogP contribution is 2.25. The van der Waals surface area contributed by atoms with Crippen LogP contribution in [0.5, 0.6) is 5.75 Å². The van der Waals surface area contributed by atoms with E-state index in [2.05, 4.69) is 35.1 Å². The van der Waals surface area contributed by atoms with E-state index in [1.54, 1.807) is 0 Å². The first-order chi connectivity index (χ1) is 7.56. The van der Waals surface area contributed by atoms with E-state index in [9.17, 15) is 5.11 Å². The molecule has 0 saturated carbocycles. The standard InChI is InChI=1S/C13H20BrNO/c1-4-10-6-5-7-12(13(10)16)15-8-11(14)9(2)3/h5-7,9,11,15-16H,4,8H2,1-3H3/p-1. The molecule has 0 saturated heterocycles. The lowest BCUT2D eigenvalue weighted by molar-refractivity contribution is -0.268. The van der Waals surface area contributed by atoms with Crippen molar-refractivity contribution in [1.82, 2.24) is 0 Å². The Morgan fingerprint density at radius 1 is 1.38 bits per heavy atom. The van der Waals surface area contributed by atoms with E-state index in [0.717, 1.165) is 18.5 Å². The fourth-order valence-electron chi connectivity index (χ4n) is 1.45. The maximum absolute atomic E-state index is 11.9. The second-order valence-corrected chi connectivity index (χ2v) is 5.46. The van der Waals surface area contributed by atoms with E-state index in [0.29, 0.717) is 16.4 Å². The van der Waals surface area contributed by atoms with Gasteiger partial charge in [-0.3, -0.25) is 0 Å². The van der Waals surface area contributed by atoms with Crippen molar-refractivity contribution in [3.8, 4) is 5.75 Å². The summed E-state index contributed by atoms with van der Waals surface area (Å²) < 4.78 is 0. The molecule has 1 unspecified atom stereocenters.